The Morgan fingerprint density at radius 3 is 2.75 bits per heavy atom. The Labute approximate surface area is 72.5 Å². The van der Waals surface area contributed by atoms with E-state index in [1.165, 1.54) is 0 Å². The smallest absolute Gasteiger partial charge is 0.149 e. The van der Waals surface area contributed by atoms with E-state index in [4.69, 9.17) is 0 Å². The molecular weight excluding hydrogens is 150 g/mol. The standard InChI is InChI=1S/C9H13N3/c1-4-7(2)10-9-6-5-8(3)11-12-9/h4-7H,1H2,2-3H3,(H,10,12). The molecule has 1 aromatic rings. The van der Waals surface area contributed by atoms with Crippen molar-refractivity contribution in [1.82, 2.24) is 10.2 Å². The molecule has 0 saturated carbocycles. The van der Waals surface area contributed by atoms with Crippen LogP contribution in [0.25, 0.3) is 0 Å². The summed E-state index contributed by atoms with van der Waals surface area (Å²) in [5.74, 6) is 0.785. The van der Waals surface area contributed by atoms with Crippen molar-refractivity contribution in [2.24, 2.45) is 0 Å². The van der Waals surface area contributed by atoms with Gasteiger partial charge in [0.15, 0.2) is 0 Å². The minimum Gasteiger partial charge on any atom is -0.363 e. The fraction of sp³-hybridized carbons (Fsp3) is 0.333. The third-order valence-corrected chi connectivity index (χ3v) is 1.53. The van der Waals surface area contributed by atoms with Crippen LogP contribution in [0, 0.1) is 6.92 Å². The highest BCUT2D eigenvalue weighted by Gasteiger charge is 1.96. The number of rotatable bonds is 3. The van der Waals surface area contributed by atoms with E-state index in [2.05, 4.69) is 22.1 Å². The van der Waals surface area contributed by atoms with E-state index in [1.54, 1.807) is 0 Å². The lowest BCUT2D eigenvalue weighted by Gasteiger charge is -2.08. The van der Waals surface area contributed by atoms with Gasteiger partial charge >= 0.3 is 0 Å². The largest absolute Gasteiger partial charge is 0.363 e. The molecule has 1 aromatic heterocycles. The van der Waals surface area contributed by atoms with Crippen LogP contribution >= 0.6 is 0 Å². The molecule has 0 fully saturated rings. The molecule has 3 heteroatoms. The monoisotopic (exact) mass is 163 g/mol. The van der Waals surface area contributed by atoms with Crippen molar-refractivity contribution >= 4 is 5.82 Å². The van der Waals surface area contributed by atoms with E-state index in [9.17, 15) is 0 Å². The third kappa shape index (κ3) is 2.34. The molecule has 0 aliphatic carbocycles. The van der Waals surface area contributed by atoms with Crippen molar-refractivity contribution in [3.8, 4) is 0 Å². The zero-order valence-electron chi connectivity index (χ0n) is 7.41. The molecule has 0 saturated heterocycles. The van der Waals surface area contributed by atoms with Crippen molar-refractivity contribution in [2.45, 2.75) is 19.9 Å². The maximum absolute atomic E-state index is 3.96. The maximum Gasteiger partial charge on any atom is 0.149 e. The number of nitrogens with zero attached hydrogens (tertiary/aromatic N) is 2. The van der Waals surface area contributed by atoms with Crippen LogP contribution in [0.3, 0.4) is 0 Å². The van der Waals surface area contributed by atoms with Gasteiger partial charge in [-0.3, -0.25) is 0 Å². The van der Waals surface area contributed by atoms with Gasteiger partial charge in [-0.15, -0.1) is 11.7 Å². The van der Waals surface area contributed by atoms with Crippen LogP contribution in [0.4, 0.5) is 5.82 Å². The molecule has 1 unspecified atom stereocenters. The maximum atomic E-state index is 3.96. The predicted molar refractivity (Wildman–Crippen MR) is 50.1 cm³/mol. The van der Waals surface area contributed by atoms with Crippen LogP contribution in [-0.2, 0) is 0 Å². The molecule has 3 nitrogen and oxygen atoms in total. The van der Waals surface area contributed by atoms with Gasteiger partial charge in [0.25, 0.3) is 0 Å². The molecule has 0 radical (unpaired) electrons. The fourth-order valence-electron chi connectivity index (χ4n) is 0.768. The van der Waals surface area contributed by atoms with Gasteiger partial charge < -0.3 is 5.32 Å². The average molecular weight is 163 g/mol. The van der Waals surface area contributed by atoms with Crippen molar-refractivity contribution in [3.05, 3.63) is 30.5 Å². The molecule has 1 N–H and O–H groups in total. The Balaban J connectivity index is 2.64. The first-order chi connectivity index (χ1) is 5.72. The summed E-state index contributed by atoms with van der Waals surface area (Å²) in [6, 6.07) is 4.05. The number of aromatic nitrogens is 2. The first-order valence-electron chi connectivity index (χ1n) is 3.92. The van der Waals surface area contributed by atoms with E-state index in [-0.39, 0.29) is 6.04 Å². The first-order valence-corrected chi connectivity index (χ1v) is 3.92. The summed E-state index contributed by atoms with van der Waals surface area (Å²) >= 11 is 0. The Morgan fingerprint density at radius 2 is 2.25 bits per heavy atom. The van der Waals surface area contributed by atoms with Crippen LogP contribution in [0.15, 0.2) is 24.8 Å². The zero-order valence-corrected chi connectivity index (χ0v) is 7.41. The van der Waals surface area contributed by atoms with Crippen LogP contribution in [-0.4, -0.2) is 16.2 Å². The SMILES string of the molecule is C=CC(C)Nc1ccc(C)nn1. The predicted octanol–water partition coefficient (Wildman–Crippen LogP) is 1.77. The van der Waals surface area contributed by atoms with E-state index < -0.39 is 0 Å². The highest BCUT2D eigenvalue weighted by Crippen LogP contribution is 2.02. The molecule has 1 heterocycles. The second-order valence-electron chi connectivity index (χ2n) is 2.73. The normalized spacial score (nSPS) is 12.2. The highest BCUT2D eigenvalue weighted by molar-refractivity contribution is 5.34. The molecule has 0 amide bonds. The van der Waals surface area contributed by atoms with Gasteiger partial charge in [0.2, 0.25) is 0 Å². The van der Waals surface area contributed by atoms with Crippen molar-refractivity contribution in [2.75, 3.05) is 5.32 Å². The van der Waals surface area contributed by atoms with Crippen LogP contribution in [0.1, 0.15) is 12.6 Å². The molecule has 0 spiro atoms. The van der Waals surface area contributed by atoms with Gasteiger partial charge in [-0.1, -0.05) is 6.08 Å². The van der Waals surface area contributed by atoms with Crippen molar-refractivity contribution in [3.63, 3.8) is 0 Å². The first kappa shape index (κ1) is 8.71. The molecule has 1 rings (SSSR count). The van der Waals surface area contributed by atoms with Gasteiger partial charge in [-0.25, -0.2) is 0 Å². The lowest BCUT2D eigenvalue weighted by atomic mass is 10.3. The topological polar surface area (TPSA) is 37.8 Å². The van der Waals surface area contributed by atoms with Gasteiger partial charge in [0, 0.05) is 6.04 Å². The fourth-order valence-corrected chi connectivity index (χ4v) is 0.768. The molecule has 0 bridgehead atoms. The summed E-state index contributed by atoms with van der Waals surface area (Å²) in [6.07, 6.45) is 1.82. The molecule has 64 valence electrons. The quantitative estimate of drug-likeness (QED) is 0.690. The second kappa shape index (κ2) is 3.85. The zero-order chi connectivity index (χ0) is 8.97. The molecule has 0 aliphatic rings. The highest BCUT2D eigenvalue weighted by atomic mass is 15.2. The second-order valence-corrected chi connectivity index (χ2v) is 2.73. The van der Waals surface area contributed by atoms with Crippen LogP contribution in [0.2, 0.25) is 0 Å². The number of nitrogens with one attached hydrogen (secondary N) is 1. The molecule has 12 heavy (non-hydrogen) atoms. The minimum atomic E-state index is 0.224. The number of hydrogen-bond acceptors (Lipinski definition) is 3. The minimum absolute atomic E-state index is 0.224. The summed E-state index contributed by atoms with van der Waals surface area (Å²) in [7, 11) is 0. The summed E-state index contributed by atoms with van der Waals surface area (Å²) in [4.78, 5) is 0. The summed E-state index contributed by atoms with van der Waals surface area (Å²) in [5, 5.41) is 11.0. The Morgan fingerprint density at radius 1 is 1.50 bits per heavy atom. The van der Waals surface area contributed by atoms with Gasteiger partial charge in [-0.2, -0.15) is 5.10 Å². The number of hydrogen-bond donors (Lipinski definition) is 1. The van der Waals surface area contributed by atoms with Gasteiger partial charge in [0.05, 0.1) is 5.69 Å². The van der Waals surface area contributed by atoms with E-state index >= 15 is 0 Å². The van der Waals surface area contributed by atoms with Crippen molar-refractivity contribution in [1.29, 1.82) is 0 Å². The van der Waals surface area contributed by atoms with E-state index in [0.717, 1.165) is 11.5 Å². The van der Waals surface area contributed by atoms with E-state index in [1.807, 2.05) is 32.1 Å². The lowest BCUT2D eigenvalue weighted by Crippen LogP contribution is -2.12. The third-order valence-electron chi connectivity index (χ3n) is 1.53. The lowest BCUT2D eigenvalue weighted by molar-refractivity contribution is 0.927. The van der Waals surface area contributed by atoms with Crippen molar-refractivity contribution < 1.29 is 0 Å². The van der Waals surface area contributed by atoms with E-state index in [0.29, 0.717) is 0 Å². The summed E-state index contributed by atoms with van der Waals surface area (Å²) in [5.41, 5.74) is 0.923. The Bertz CT molecular complexity index is 253. The molecule has 0 aliphatic heterocycles. The average Bonchev–Trinajstić information content (AvgIpc) is 2.09. The number of aryl methyl sites for hydroxylation is 1. The van der Waals surface area contributed by atoms with Crippen LogP contribution in [0.5, 0.6) is 0 Å². The Kier molecular flexibility index (Phi) is 2.80. The van der Waals surface area contributed by atoms with Gasteiger partial charge in [-0.05, 0) is 26.0 Å². The summed E-state index contributed by atoms with van der Waals surface area (Å²) in [6.45, 7) is 7.58. The molecule has 1 atom stereocenters. The molecule has 0 aromatic carbocycles. The Hall–Kier alpha value is -1.38. The van der Waals surface area contributed by atoms with Crippen LogP contribution < -0.4 is 5.32 Å². The summed E-state index contributed by atoms with van der Waals surface area (Å²) < 4.78 is 0. The molecular formula is C9H13N3. The number of anilines is 1. The van der Waals surface area contributed by atoms with Gasteiger partial charge in [0.1, 0.15) is 5.82 Å².